The first-order valence-corrected chi connectivity index (χ1v) is 5.67. The summed E-state index contributed by atoms with van der Waals surface area (Å²) in [5.41, 5.74) is 5.50. The minimum Gasteiger partial charge on any atom is -0.492 e. The van der Waals surface area contributed by atoms with Crippen molar-refractivity contribution < 1.29 is 4.74 Å². The molecule has 0 fully saturated rings. The number of hydrogen-bond donors (Lipinski definition) is 1. The van der Waals surface area contributed by atoms with E-state index >= 15 is 0 Å². The Morgan fingerprint density at radius 2 is 2.13 bits per heavy atom. The van der Waals surface area contributed by atoms with Crippen molar-refractivity contribution in [2.45, 2.75) is 13.3 Å². The third kappa shape index (κ3) is 4.29. The highest BCUT2D eigenvalue weighted by molar-refractivity contribution is 6.34. The van der Waals surface area contributed by atoms with E-state index in [9.17, 15) is 0 Å². The van der Waals surface area contributed by atoms with Gasteiger partial charge < -0.3 is 10.5 Å². The molecule has 84 valence electrons. The third-order valence-electron chi connectivity index (χ3n) is 2.16. The smallest absolute Gasteiger partial charge is 0.139 e. The average Bonchev–Trinajstić information content (AvgIpc) is 2.23. The van der Waals surface area contributed by atoms with Crippen LogP contribution in [0, 0.1) is 5.92 Å². The first-order valence-electron chi connectivity index (χ1n) is 4.91. The molecule has 0 aliphatic carbocycles. The van der Waals surface area contributed by atoms with Crippen LogP contribution in [-0.4, -0.2) is 13.2 Å². The van der Waals surface area contributed by atoms with Crippen LogP contribution in [0.1, 0.15) is 13.3 Å². The van der Waals surface area contributed by atoms with E-state index in [2.05, 4.69) is 6.92 Å². The van der Waals surface area contributed by atoms with E-state index in [1.165, 1.54) is 0 Å². The van der Waals surface area contributed by atoms with Gasteiger partial charge in [0.1, 0.15) is 5.75 Å². The van der Waals surface area contributed by atoms with E-state index < -0.39 is 0 Å². The highest BCUT2D eigenvalue weighted by Crippen LogP contribution is 2.27. The lowest BCUT2D eigenvalue weighted by molar-refractivity contribution is 0.286. The standard InChI is InChI=1S/C11H15Cl2NO/c1-8(7-14)4-5-15-11-6-9(12)2-3-10(11)13/h2-3,6,8H,4-5,7,14H2,1H3. The van der Waals surface area contributed by atoms with Crippen LogP contribution in [0.2, 0.25) is 10.0 Å². The fourth-order valence-corrected chi connectivity index (χ4v) is 1.41. The van der Waals surface area contributed by atoms with Crippen molar-refractivity contribution in [1.29, 1.82) is 0 Å². The Morgan fingerprint density at radius 1 is 1.40 bits per heavy atom. The van der Waals surface area contributed by atoms with E-state index in [4.69, 9.17) is 33.7 Å². The second kappa shape index (κ2) is 6.21. The molecule has 1 atom stereocenters. The number of benzene rings is 1. The molecule has 0 radical (unpaired) electrons. The monoisotopic (exact) mass is 247 g/mol. The molecule has 1 aromatic rings. The van der Waals surface area contributed by atoms with Crippen LogP contribution >= 0.6 is 23.2 Å². The van der Waals surface area contributed by atoms with Gasteiger partial charge in [0.15, 0.2) is 0 Å². The van der Waals surface area contributed by atoms with Gasteiger partial charge in [-0.2, -0.15) is 0 Å². The highest BCUT2D eigenvalue weighted by atomic mass is 35.5. The maximum atomic E-state index is 5.94. The Bertz CT molecular complexity index is 317. The molecule has 0 saturated carbocycles. The summed E-state index contributed by atoms with van der Waals surface area (Å²) in [6, 6.07) is 5.18. The number of ether oxygens (including phenoxy) is 1. The molecular formula is C11H15Cl2NO. The van der Waals surface area contributed by atoms with Crippen LogP contribution in [0.5, 0.6) is 5.75 Å². The molecule has 0 heterocycles. The zero-order valence-corrected chi connectivity index (χ0v) is 10.2. The minimum atomic E-state index is 0.461. The Morgan fingerprint density at radius 3 is 2.80 bits per heavy atom. The molecule has 2 N–H and O–H groups in total. The summed E-state index contributed by atoms with van der Waals surface area (Å²) in [5.74, 6) is 1.09. The van der Waals surface area contributed by atoms with Gasteiger partial charge >= 0.3 is 0 Å². The summed E-state index contributed by atoms with van der Waals surface area (Å²) < 4.78 is 5.52. The molecule has 0 spiro atoms. The number of nitrogens with two attached hydrogens (primary N) is 1. The first-order chi connectivity index (χ1) is 7.13. The van der Waals surface area contributed by atoms with Crippen LogP contribution in [0.15, 0.2) is 18.2 Å². The normalized spacial score (nSPS) is 12.5. The number of rotatable bonds is 5. The first kappa shape index (κ1) is 12.6. The van der Waals surface area contributed by atoms with Crippen molar-refractivity contribution in [1.82, 2.24) is 0 Å². The summed E-state index contributed by atoms with van der Waals surface area (Å²) in [4.78, 5) is 0. The van der Waals surface area contributed by atoms with Gasteiger partial charge in [0, 0.05) is 11.1 Å². The summed E-state index contributed by atoms with van der Waals surface area (Å²) in [7, 11) is 0. The highest BCUT2D eigenvalue weighted by Gasteiger charge is 2.04. The second-order valence-corrected chi connectivity index (χ2v) is 4.40. The fraction of sp³-hybridized carbons (Fsp3) is 0.455. The molecule has 1 rings (SSSR count). The molecule has 2 nitrogen and oxygen atoms in total. The molecule has 1 aromatic carbocycles. The Labute approximate surface area is 100 Å². The molecule has 0 amide bonds. The van der Waals surface area contributed by atoms with Crippen LogP contribution in [0.3, 0.4) is 0 Å². The summed E-state index contributed by atoms with van der Waals surface area (Å²) in [5, 5.41) is 1.21. The predicted molar refractivity (Wildman–Crippen MR) is 64.8 cm³/mol. The number of halogens is 2. The largest absolute Gasteiger partial charge is 0.492 e. The Kier molecular flexibility index (Phi) is 5.23. The fourth-order valence-electron chi connectivity index (χ4n) is 1.08. The van der Waals surface area contributed by atoms with Gasteiger partial charge in [-0.15, -0.1) is 0 Å². The van der Waals surface area contributed by atoms with Crippen molar-refractivity contribution in [3.8, 4) is 5.75 Å². The lowest BCUT2D eigenvalue weighted by Gasteiger charge is -2.11. The van der Waals surface area contributed by atoms with Gasteiger partial charge in [-0.25, -0.2) is 0 Å². The molecular weight excluding hydrogens is 233 g/mol. The van der Waals surface area contributed by atoms with Crippen LogP contribution in [0.4, 0.5) is 0 Å². The molecule has 0 aromatic heterocycles. The maximum Gasteiger partial charge on any atom is 0.139 e. The molecule has 0 aliphatic rings. The van der Waals surface area contributed by atoms with Crippen molar-refractivity contribution >= 4 is 23.2 Å². The molecule has 0 aliphatic heterocycles. The van der Waals surface area contributed by atoms with Gasteiger partial charge in [-0.3, -0.25) is 0 Å². The predicted octanol–water partition coefficient (Wildman–Crippen LogP) is 3.36. The third-order valence-corrected chi connectivity index (χ3v) is 2.71. The molecule has 4 heteroatoms. The van der Waals surface area contributed by atoms with E-state index in [0.29, 0.717) is 34.9 Å². The average molecular weight is 248 g/mol. The lowest BCUT2D eigenvalue weighted by Crippen LogP contribution is -2.13. The van der Waals surface area contributed by atoms with Crippen LogP contribution in [0.25, 0.3) is 0 Å². The van der Waals surface area contributed by atoms with Crippen molar-refractivity contribution in [2.24, 2.45) is 11.7 Å². The van der Waals surface area contributed by atoms with Gasteiger partial charge in [0.25, 0.3) is 0 Å². The Hall–Kier alpha value is -0.440. The SMILES string of the molecule is CC(CN)CCOc1cc(Cl)ccc1Cl. The number of hydrogen-bond acceptors (Lipinski definition) is 2. The topological polar surface area (TPSA) is 35.2 Å². The van der Waals surface area contributed by atoms with Gasteiger partial charge in [0.2, 0.25) is 0 Å². The van der Waals surface area contributed by atoms with Crippen molar-refractivity contribution in [3.63, 3.8) is 0 Å². The van der Waals surface area contributed by atoms with E-state index in [0.717, 1.165) is 6.42 Å². The van der Waals surface area contributed by atoms with Gasteiger partial charge in [-0.05, 0) is 31.0 Å². The minimum absolute atomic E-state index is 0.461. The zero-order chi connectivity index (χ0) is 11.3. The second-order valence-electron chi connectivity index (χ2n) is 3.55. The van der Waals surface area contributed by atoms with Crippen LogP contribution < -0.4 is 10.5 Å². The van der Waals surface area contributed by atoms with Gasteiger partial charge in [0.05, 0.1) is 11.6 Å². The summed E-state index contributed by atoms with van der Waals surface area (Å²) in [6.07, 6.45) is 0.916. The molecule has 1 unspecified atom stereocenters. The van der Waals surface area contributed by atoms with Crippen molar-refractivity contribution in [3.05, 3.63) is 28.2 Å². The molecule has 0 saturated heterocycles. The van der Waals surface area contributed by atoms with Crippen molar-refractivity contribution in [2.75, 3.05) is 13.2 Å². The summed E-state index contributed by atoms with van der Waals surface area (Å²) >= 11 is 11.8. The quantitative estimate of drug-likeness (QED) is 0.867. The van der Waals surface area contributed by atoms with Crippen LogP contribution in [-0.2, 0) is 0 Å². The Balaban J connectivity index is 2.46. The van der Waals surface area contributed by atoms with E-state index in [-0.39, 0.29) is 0 Å². The lowest BCUT2D eigenvalue weighted by atomic mass is 10.1. The summed E-state index contributed by atoms with van der Waals surface area (Å²) in [6.45, 7) is 3.37. The molecule has 0 bridgehead atoms. The van der Waals surface area contributed by atoms with E-state index in [1.54, 1.807) is 18.2 Å². The van der Waals surface area contributed by atoms with Gasteiger partial charge in [-0.1, -0.05) is 30.1 Å². The molecule has 15 heavy (non-hydrogen) atoms. The van der Waals surface area contributed by atoms with E-state index in [1.807, 2.05) is 0 Å². The maximum absolute atomic E-state index is 5.94. The zero-order valence-electron chi connectivity index (χ0n) is 8.67.